The van der Waals surface area contributed by atoms with E-state index >= 15 is 0 Å². The average molecular weight is 182 g/mol. The van der Waals surface area contributed by atoms with Crippen molar-refractivity contribution >= 4 is 5.97 Å². The number of carboxylic acids is 1. The Labute approximate surface area is 74.6 Å². The molecule has 1 aliphatic carbocycles. The summed E-state index contributed by atoms with van der Waals surface area (Å²) in [5.41, 5.74) is -0.594. The molecule has 2 rings (SSSR count). The van der Waals surface area contributed by atoms with Gasteiger partial charge in [-0.1, -0.05) is 0 Å². The van der Waals surface area contributed by atoms with E-state index in [1.54, 1.807) is 7.05 Å². The lowest BCUT2D eigenvalue weighted by Gasteiger charge is -2.04. The fourth-order valence-corrected chi connectivity index (χ4v) is 1.31. The number of rotatable bonds is 3. The van der Waals surface area contributed by atoms with Crippen LogP contribution in [-0.4, -0.2) is 31.3 Å². The molecule has 1 saturated carbocycles. The maximum Gasteiger partial charge on any atom is 0.310 e. The number of tetrazole rings is 1. The molecule has 1 heterocycles. The molecular formula is C7H10N4O2. The minimum Gasteiger partial charge on any atom is -0.481 e. The van der Waals surface area contributed by atoms with Crippen LogP contribution in [0.1, 0.15) is 18.7 Å². The normalized spacial score (nSPS) is 18.5. The third-order valence-electron chi connectivity index (χ3n) is 2.35. The topological polar surface area (TPSA) is 80.9 Å². The molecule has 13 heavy (non-hydrogen) atoms. The van der Waals surface area contributed by atoms with Gasteiger partial charge in [0.05, 0.1) is 12.5 Å². The monoisotopic (exact) mass is 182 g/mol. The molecule has 1 fully saturated rings. The lowest BCUT2D eigenvalue weighted by molar-refractivity contribution is -0.143. The first-order valence-corrected chi connectivity index (χ1v) is 4.09. The lowest BCUT2D eigenvalue weighted by Crippen LogP contribution is -2.18. The summed E-state index contributed by atoms with van der Waals surface area (Å²) in [4.78, 5) is 12.2. The van der Waals surface area contributed by atoms with Crippen molar-refractivity contribution in [3.63, 3.8) is 0 Å². The first kappa shape index (κ1) is 8.15. The largest absolute Gasteiger partial charge is 0.481 e. The molecule has 0 aromatic carbocycles. The van der Waals surface area contributed by atoms with Crippen molar-refractivity contribution in [2.24, 2.45) is 12.5 Å². The maximum atomic E-state index is 10.8. The van der Waals surface area contributed by atoms with Crippen LogP contribution in [0, 0.1) is 5.41 Å². The number of aryl methyl sites for hydroxylation is 1. The summed E-state index contributed by atoms with van der Waals surface area (Å²) >= 11 is 0. The van der Waals surface area contributed by atoms with Gasteiger partial charge in [-0.2, -0.15) is 4.80 Å². The average Bonchev–Trinajstić information content (AvgIpc) is 2.72. The van der Waals surface area contributed by atoms with Crippen LogP contribution in [0.15, 0.2) is 0 Å². The van der Waals surface area contributed by atoms with Crippen LogP contribution < -0.4 is 0 Å². The molecule has 6 heteroatoms. The molecule has 0 unspecified atom stereocenters. The minimum absolute atomic E-state index is 0.399. The number of aliphatic carboxylic acids is 1. The molecule has 1 aromatic heterocycles. The number of hydrogen-bond acceptors (Lipinski definition) is 4. The molecular weight excluding hydrogens is 172 g/mol. The zero-order valence-electron chi connectivity index (χ0n) is 7.27. The molecule has 70 valence electrons. The predicted octanol–water partition coefficient (Wildman–Crippen LogP) is -0.383. The van der Waals surface area contributed by atoms with E-state index in [0.29, 0.717) is 12.2 Å². The molecule has 0 radical (unpaired) electrons. The van der Waals surface area contributed by atoms with Crippen molar-refractivity contribution in [2.75, 3.05) is 0 Å². The van der Waals surface area contributed by atoms with Crippen molar-refractivity contribution in [3.05, 3.63) is 5.82 Å². The van der Waals surface area contributed by atoms with Gasteiger partial charge in [0.15, 0.2) is 5.82 Å². The third-order valence-corrected chi connectivity index (χ3v) is 2.35. The van der Waals surface area contributed by atoms with E-state index in [-0.39, 0.29) is 0 Å². The quantitative estimate of drug-likeness (QED) is 0.689. The number of nitrogens with zero attached hydrogens (tertiary/aromatic N) is 4. The van der Waals surface area contributed by atoms with E-state index in [9.17, 15) is 4.79 Å². The molecule has 1 aliphatic rings. The Morgan fingerprint density at radius 3 is 2.77 bits per heavy atom. The van der Waals surface area contributed by atoms with E-state index in [0.717, 1.165) is 12.8 Å². The standard InChI is InChI=1S/C7H10N4O2/c1-11-9-5(8-10-11)4-7(2-3-7)6(12)13/h2-4H2,1H3,(H,12,13). The maximum absolute atomic E-state index is 10.8. The van der Waals surface area contributed by atoms with E-state index in [2.05, 4.69) is 15.4 Å². The molecule has 1 aromatic rings. The van der Waals surface area contributed by atoms with E-state index < -0.39 is 11.4 Å². The summed E-state index contributed by atoms with van der Waals surface area (Å²) in [7, 11) is 1.66. The van der Waals surface area contributed by atoms with Crippen molar-refractivity contribution < 1.29 is 9.90 Å². The SMILES string of the molecule is Cn1nnc(CC2(C(=O)O)CC2)n1. The van der Waals surface area contributed by atoms with Crippen molar-refractivity contribution in [2.45, 2.75) is 19.3 Å². The highest BCUT2D eigenvalue weighted by molar-refractivity contribution is 5.77. The van der Waals surface area contributed by atoms with Crippen molar-refractivity contribution in [1.29, 1.82) is 0 Å². The predicted molar refractivity (Wildman–Crippen MR) is 41.8 cm³/mol. The number of carboxylic acid groups (broad SMARTS) is 1. The van der Waals surface area contributed by atoms with Gasteiger partial charge in [0.1, 0.15) is 0 Å². The fourth-order valence-electron chi connectivity index (χ4n) is 1.31. The van der Waals surface area contributed by atoms with Crippen molar-refractivity contribution in [1.82, 2.24) is 20.2 Å². The Kier molecular flexibility index (Phi) is 1.58. The van der Waals surface area contributed by atoms with Crippen LogP contribution in [0.5, 0.6) is 0 Å². The van der Waals surface area contributed by atoms with Crippen LogP contribution in [0.2, 0.25) is 0 Å². The van der Waals surface area contributed by atoms with Gasteiger partial charge in [-0.05, 0) is 18.1 Å². The molecule has 0 saturated heterocycles. The molecule has 1 N–H and O–H groups in total. The van der Waals surface area contributed by atoms with Crippen LogP contribution in [0.3, 0.4) is 0 Å². The molecule has 0 amide bonds. The van der Waals surface area contributed by atoms with Gasteiger partial charge in [0.25, 0.3) is 0 Å². The first-order chi connectivity index (χ1) is 6.12. The van der Waals surface area contributed by atoms with Gasteiger partial charge in [-0.3, -0.25) is 4.79 Å². The number of carbonyl (C=O) groups is 1. The van der Waals surface area contributed by atoms with E-state index in [1.807, 2.05) is 0 Å². The van der Waals surface area contributed by atoms with Crippen LogP contribution in [0.25, 0.3) is 0 Å². The summed E-state index contributed by atoms with van der Waals surface area (Å²) < 4.78 is 0. The highest BCUT2D eigenvalue weighted by Crippen LogP contribution is 2.47. The molecule has 0 aliphatic heterocycles. The zero-order chi connectivity index (χ0) is 9.47. The summed E-state index contributed by atoms with van der Waals surface area (Å²) in [6.07, 6.45) is 1.84. The zero-order valence-corrected chi connectivity index (χ0v) is 7.27. The summed E-state index contributed by atoms with van der Waals surface area (Å²) in [5.74, 6) is -0.234. The van der Waals surface area contributed by atoms with E-state index in [4.69, 9.17) is 5.11 Å². The Morgan fingerprint density at radius 2 is 2.38 bits per heavy atom. The van der Waals surface area contributed by atoms with Crippen LogP contribution in [0.4, 0.5) is 0 Å². The number of hydrogen-bond donors (Lipinski definition) is 1. The van der Waals surface area contributed by atoms with Gasteiger partial charge < -0.3 is 5.11 Å². The van der Waals surface area contributed by atoms with Gasteiger partial charge in [-0.25, -0.2) is 0 Å². The highest BCUT2D eigenvalue weighted by atomic mass is 16.4. The van der Waals surface area contributed by atoms with Gasteiger partial charge in [0.2, 0.25) is 0 Å². The second-order valence-electron chi connectivity index (χ2n) is 3.46. The third kappa shape index (κ3) is 1.39. The second kappa shape index (κ2) is 2.51. The van der Waals surface area contributed by atoms with Gasteiger partial charge in [0, 0.05) is 6.42 Å². The summed E-state index contributed by atoms with van der Waals surface area (Å²) in [5, 5.41) is 20.3. The first-order valence-electron chi connectivity index (χ1n) is 4.09. The lowest BCUT2D eigenvalue weighted by atomic mass is 10.0. The smallest absolute Gasteiger partial charge is 0.310 e. The van der Waals surface area contributed by atoms with Crippen molar-refractivity contribution in [3.8, 4) is 0 Å². The Balaban J connectivity index is 2.10. The van der Waals surface area contributed by atoms with Crippen LogP contribution >= 0.6 is 0 Å². The van der Waals surface area contributed by atoms with E-state index in [1.165, 1.54) is 4.80 Å². The molecule has 6 nitrogen and oxygen atoms in total. The second-order valence-corrected chi connectivity index (χ2v) is 3.46. The number of aromatic nitrogens is 4. The Morgan fingerprint density at radius 1 is 1.69 bits per heavy atom. The molecule has 0 spiro atoms. The highest BCUT2D eigenvalue weighted by Gasteiger charge is 2.51. The summed E-state index contributed by atoms with van der Waals surface area (Å²) in [6.45, 7) is 0. The summed E-state index contributed by atoms with van der Waals surface area (Å²) in [6, 6.07) is 0. The Hall–Kier alpha value is -1.46. The molecule has 0 atom stereocenters. The minimum atomic E-state index is -0.750. The Bertz CT molecular complexity index is 342. The molecule has 0 bridgehead atoms. The fraction of sp³-hybridized carbons (Fsp3) is 0.714. The van der Waals surface area contributed by atoms with Gasteiger partial charge in [-0.15, -0.1) is 10.2 Å². The van der Waals surface area contributed by atoms with Gasteiger partial charge >= 0.3 is 5.97 Å². The van der Waals surface area contributed by atoms with Crippen LogP contribution in [-0.2, 0) is 18.3 Å².